The SMILES string of the molecule is O=C(O)c1sc2cccc(F)c2c1COc1ccccc1. The maximum absolute atomic E-state index is 14.0. The van der Waals surface area contributed by atoms with Gasteiger partial charge in [0.25, 0.3) is 0 Å². The number of halogens is 1. The van der Waals surface area contributed by atoms with Crippen LogP contribution in [0.15, 0.2) is 48.5 Å². The van der Waals surface area contributed by atoms with Crippen molar-refractivity contribution < 1.29 is 19.0 Å². The van der Waals surface area contributed by atoms with Crippen molar-refractivity contribution >= 4 is 27.4 Å². The lowest BCUT2D eigenvalue weighted by Crippen LogP contribution is -2.02. The zero-order valence-corrected chi connectivity index (χ0v) is 11.7. The quantitative estimate of drug-likeness (QED) is 0.781. The number of aromatic carboxylic acids is 1. The molecular weight excluding hydrogens is 291 g/mol. The lowest BCUT2D eigenvalue weighted by Gasteiger charge is -2.06. The molecule has 21 heavy (non-hydrogen) atoms. The highest BCUT2D eigenvalue weighted by Gasteiger charge is 2.20. The smallest absolute Gasteiger partial charge is 0.346 e. The van der Waals surface area contributed by atoms with Crippen molar-refractivity contribution in [1.29, 1.82) is 0 Å². The first-order valence-electron chi connectivity index (χ1n) is 6.28. The summed E-state index contributed by atoms with van der Waals surface area (Å²) in [6, 6.07) is 13.6. The van der Waals surface area contributed by atoms with Crippen LogP contribution < -0.4 is 4.74 Å². The number of ether oxygens (including phenoxy) is 1. The van der Waals surface area contributed by atoms with Crippen LogP contribution in [0.2, 0.25) is 0 Å². The molecule has 0 bridgehead atoms. The summed E-state index contributed by atoms with van der Waals surface area (Å²) in [6.45, 7) is 0.0204. The van der Waals surface area contributed by atoms with Gasteiger partial charge in [-0.2, -0.15) is 0 Å². The third kappa shape index (κ3) is 2.60. The van der Waals surface area contributed by atoms with Crippen LogP contribution >= 0.6 is 11.3 Å². The molecule has 3 nitrogen and oxygen atoms in total. The highest BCUT2D eigenvalue weighted by molar-refractivity contribution is 7.21. The Morgan fingerprint density at radius 3 is 2.62 bits per heavy atom. The van der Waals surface area contributed by atoms with E-state index in [9.17, 15) is 14.3 Å². The number of benzene rings is 2. The number of hydrogen-bond donors (Lipinski definition) is 1. The average Bonchev–Trinajstić information content (AvgIpc) is 2.86. The predicted molar refractivity (Wildman–Crippen MR) is 79.5 cm³/mol. The van der Waals surface area contributed by atoms with E-state index < -0.39 is 11.8 Å². The summed E-state index contributed by atoms with van der Waals surface area (Å²) in [5.41, 5.74) is 0.379. The summed E-state index contributed by atoms with van der Waals surface area (Å²) in [4.78, 5) is 11.5. The Labute approximate surface area is 124 Å². The maximum atomic E-state index is 14.0. The van der Waals surface area contributed by atoms with E-state index in [1.54, 1.807) is 24.3 Å². The minimum atomic E-state index is -1.07. The fourth-order valence-electron chi connectivity index (χ4n) is 2.15. The lowest BCUT2D eigenvalue weighted by atomic mass is 10.1. The van der Waals surface area contributed by atoms with Crippen molar-refractivity contribution in [2.24, 2.45) is 0 Å². The summed E-state index contributed by atoms with van der Waals surface area (Å²) in [5, 5.41) is 9.62. The summed E-state index contributed by atoms with van der Waals surface area (Å²) >= 11 is 1.06. The van der Waals surface area contributed by atoms with E-state index in [0.29, 0.717) is 21.4 Å². The molecule has 1 N–H and O–H groups in total. The number of fused-ring (bicyclic) bond motifs is 1. The second-order valence-electron chi connectivity index (χ2n) is 4.43. The number of para-hydroxylation sites is 1. The van der Waals surface area contributed by atoms with Crippen molar-refractivity contribution in [3.8, 4) is 5.75 Å². The molecule has 0 radical (unpaired) electrons. The normalized spacial score (nSPS) is 10.7. The van der Waals surface area contributed by atoms with E-state index in [1.165, 1.54) is 6.07 Å². The highest BCUT2D eigenvalue weighted by Crippen LogP contribution is 2.34. The third-order valence-electron chi connectivity index (χ3n) is 3.08. The molecule has 0 aliphatic heterocycles. The molecule has 0 amide bonds. The van der Waals surface area contributed by atoms with Gasteiger partial charge in [-0.3, -0.25) is 0 Å². The molecule has 0 unspecified atom stereocenters. The second kappa shape index (κ2) is 5.54. The van der Waals surface area contributed by atoms with Crippen LogP contribution in [-0.4, -0.2) is 11.1 Å². The van der Waals surface area contributed by atoms with Gasteiger partial charge in [0.2, 0.25) is 0 Å². The zero-order chi connectivity index (χ0) is 14.8. The average molecular weight is 302 g/mol. The van der Waals surface area contributed by atoms with Gasteiger partial charge in [-0.1, -0.05) is 24.3 Å². The van der Waals surface area contributed by atoms with E-state index in [2.05, 4.69) is 0 Å². The monoisotopic (exact) mass is 302 g/mol. The molecule has 0 spiro atoms. The van der Waals surface area contributed by atoms with E-state index in [-0.39, 0.29) is 11.5 Å². The summed E-state index contributed by atoms with van der Waals surface area (Å²) < 4.78 is 20.2. The molecule has 5 heteroatoms. The summed E-state index contributed by atoms with van der Waals surface area (Å²) in [7, 11) is 0. The summed E-state index contributed by atoms with van der Waals surface area (Å²) in [6.07, 6.45) is 0. The van der Waals surface area contributed by atoms with Gasteiger partial charge in [0.15, 0.2) is 0 Å². The van der Waals surface area contributed by atoms with Crippen molar-refractivity contribution in [1.82, 2.24) is 0 Å². The van der Waals surface area contributed by atoms with Crippen LogP contribution in [0.25, 0.3) is 10.1 Å². The number of carbonyl (C=O) groups is 1. The standard InChI is InChI=1S/C16H11FO3S/c17-12-7-4-8-13-14(12)11(15(21-13)16(18)19)9-20-10-5-2-1-3-6-10/h1-8H,9H2,(H,18,19). The molecule has 0 fully saturated rings. The van der Waals surface area contributed by atoms with Crippen molar-refractivity contribution in [3.63, 3.8) is 0 Å². The Balaban J connectivity index is 2.03. The third-order valence-corrected chi connectivity index (χ3v) is 4.27. The van der Waals surface area contributed by atoms with Gasteiger partial charge in [0, 0.05) is 15.6 Å². The first-order valence-corrected chi connectivity index (χ1v) is 7.09. The van der Waals surface area contributed by atoms with Crippen LogP contribution in [0, 0.1) is 5.82 Å². The fourth-order valence-corrected chi connectivity index (χ4v) is 3.21. The molecule has 0 saturated heterocycles. The second-order valence-corrected chi connectivity index (χ2v) is 5.48. The zero-order valence-electron chi connectivity index (χ0n) is 10.9. The number of rotatable bonds is 4. The van der Waals surface area contributed by atoms with Gasteiger partial charge in [0.1, 0.15) is 23.1 Å². The van der Waals surface area contributed by atoms with Gasteiger partial charge < -0.3 is 9.84 Å². The van der Waals surface area contributed by atoms with E-state index in [0.717, 1.165) is 11.3 Å². The molecule has 1 heterocycles. The Hall–Kier alpha value is -2.40. The Bertz CT molecular complexity index is 796. The van der Waals surface area contributed by atoms with Crippen LogP contribution in [0.1, 0.15) is 15.2 Å². The molecule has 3 aromatic rings. The number of hydrogen-bond acceptors (Lipinski definition) is 3. The molecule has 0 aliphatic carbocycles. The van der Waals surface area contributed by atoms with Gasteiger partial charge >= 0.3 is 5.97 Å². The van der Waals surface area contributed by atoms with Gasteiger partial charge in [0.05, 0.1) is 0 Å². The topological polar surface area (TPSA) is 46.5 Å². The van der Waals surface area contributed by atoms with Crippen LogP contribution in [-0.2, 0) is 6.61 Å². The van der Waals surface area contributed by atoms with E-state index in [1.807, 2.05) is 18.2 Å². The van der Waals surface area contributed by atoms with Crippen molar-refractivity contribution in [3.05, 3.63) is 64.8 Å². The van der Waals surface area contributed by atoms with E-state index >= 15 is 0 Å². The van der Waals surface area contributed by atoms with Crippen molar-refractivity contribution in [2.45, 2.75) is 6.61 Å². The lowest BCUT2D eigenvalue weighted by molar-refractivity contribution is 0.0699. The number of carboxylic acid groups (broad SMARTS) is 1. The van der Waals surface area contributed by atoms with Gasteiger partial charge in [-0.25, -0.2) is 9.18 Å². The molecule has 2 aromatic carbocycles. The Morgan fingerprint density at radius 1 is 1.14 bits per heavy atom. The molecule has 0 aliphatic rings. The van der Waals surface area contributed by atoms with Gasteiger partial charge in [-0.15, -0.1) is 11.3 Å². The highest BCUT2D eigenvalue weighted by atomic mass is 32.1. The minimum absolute atomic E-state index is 0.0204. The van der Waals surface area contributed by atoms with Gasteiger partial charge in [-0.05, 0) is 24.3 Å². The first-order chi connectivity index (χ1) is 10.2. The molecule has 1 aromatic heterocycles. The molecule has 3 rings (SSSR count). The molecule has 0 saturated carbocycles. The minimum Gasteiger partial charge on any atom is -0.489 e. The molecule has 0 atom stereocenters. The fraction of sp³-hybridized carbons (Fsp3) is 0.0625. The Morgan fingerprint density at radius 2 is 1.90 bits per heavy atom. The van der Waals surface area contributed by atoms with Crippen molar-refractivity contribution in [2.75, 3.05) is 0 Å². The Kier molecular flexibility index (Phi) is 3.58. The maximum Gasteiger partial charge on any atom is 0.346 e. The predicted octanol–water partition coefficient (Wildman–Crippen LogP) is 4.32. The first kappa shape index (κ1) is 13.6. The number of carboxylic acids is 1. The van der Waals surface area contributed by atoms with Crippen LogP contribution in [0.4, 0.5) is 4.39 Å². The number of thiophene rings is 1. The van der Waals surface area contributed by atoms with Crippen LogP contribution in [0.5, 0.6) is 5.75 Å². The summed E-state index contributed by atoms with van der Waals surface area (Å²) in [5.74, 6) is -0.880. The molecule has 106 valence electrons. The molecular formula is C16H11FO3S. The van der Waals surface area contributed by atoms with E-state index in [4.69, 9.17) is 4.74 Å². The van der Waals surface area contributed by atoms with Crippen LogP contribution in [0.3, 0.4) is 0 Å². The largest absolute Gasteiger partial charge is 0.489 e.